The number of nitrogens with zero attached hydrogens (tertiary/aromatic N) is 2. The van der Waals surface area contributed by atoms with Gasteiger partial charge in [-0.3, -0.25) is 9.48 Å². The number of piperidine rings is 1. The summed E-state index contributed by atoms with van der Waals surface area (Å²) in [6.07, 6.45) is -0.0940. The summed E-state index contributed by atoms with van der Waals surface area (Å²) in [5, 5.41) is 10.3. The third-order valence-corrected chi connectivity index (χ3v) is 4.41. The van der Waals surface area contributed by atoms with Gasteiger partial charge in [-0.1, -0.05) is 12.1 Å². The lowest BCUT2D eigenvalue weighted by molar-refractivity contribution is -0.274. The topological polar surface area (TPSA) is 68.2 Å². The van der Waals surface area contributed by atoms with E-state index < -0.39 is 11.9 Å². The molecule has 1 fully saturated rings. The number of rotatable bonds is 5. The average molecular weight is 368 g/mol. The Morgan fingerprint density at radius 1 is 1.27 bits per heavy atom. The minimum Gasteiger partial charge on any atom is -0.406 e. The van der Waals surface area contributed by atoms with E-state index in [1.54, 1.807) is 23.1 Å². The zero-order valence-electron chi connectivity index (χ0n) is 13.9. The van der Waals surface area contributed by atoms with Gasteiger partial charge in [0.15, 0.2) is 0 Å². The minimum atomic E-state index is -4.72. The van der Waals surface area contributed by atoms with Gasteiger partial charge in [0.25, 0.3) is 0 Å². The molecule has 9 heteroatoms. The molecule has 1 aromatic carbocycles. The second-order valence-electron chi connectivity index (χ2n) is 6.11. The van der Waals surface area contributed by atoms with E-state index in [0.717, 1.165) is 0 Å². The largest absolute Gasteiger partial charge is 0.573 e. The summed E-state index contributed by atoms with van der Waals surface area (Å²) in [6, 6.07) is 7.21. The van der Waals surface area contributed by atoms with Crippen molar-refractivity contribution in [2.24, 2.45) is 0 Å². The highest BCUT2D eigenvalue weighted by Gasteiger charge is 2.41. The number of nitrogens with one attached hydrogen (secondary N) is 2. The monoisotopic (exact) mass is 368 g/mol. The Kier molecular flexibility index (Phi) is 5.17. The molecule has 1 aliphatic rings. The molecule has 0 unspecified atom stereocenters. The predicted octanol–water partition coefficient (Wildman–Crippen LogP) is 2.18. The summed E-state index contributed by atoms with van der Waals surface area (Å²) < 4.78 is 42.1. The molecule has 26 heavy (non-hydrogen) atoms. The van der Waals surface area contributed by atoms with E-state index >= 15 is 0 Å². The Bertz CT molecular complexity index is 723. The van der Waals surface area contributed by atoms with Gasteiger partial charge in [0, 0.05) is 18.9 Å². The maximum absolute atomic E-state index is 12.9. The van der Waals surface area contributed by atoms with Crippen LogP contribution in [0.4, 0.5) is 13.2 Å². The molecule has 1 aromatic heterocycles. The number of benzene rings is 1. The molecular weight excluding hydrogens is 349 g/mol. The number of carbonyl (C=O) groups excluding carboxylic acids is 1. The first-order chi connectivity index (χ1) is 12.4. The average Bonchev–Trinajstić information content (AvgIpc) is 3.15. The predicted molar refractivity (Wildman–Crippen MR) is 87.3 cm³/mol. The van der Waals surface area contributed by atoms with Crippen molar-refractivity contribution in [3.8, 4) is 5.75 Å². The normalized spacial score (nSPS) is 16.9. The van der Waals surface area contributed by atoms with Gasteiger partial charge in [-0.05, 0) is 49.7 Å². The van der Waals surface area contributed by atoms with Gasteiger partial charge in [0.1, 0.15) is 11.3 Å². The molecular formula is C17H19F3N4O2. The third-order valence-electron chi connectivity index (χ3n) is 4.41. The van der Waals surface area contributed by atoms with Gasteiger partial charge in [-0.2, -0.15) is 5.10 Å². The van der Waals surface area contributed by atoms with Crippen LogP contribution < -0.4 is 15.4 Å². The van der Waals surface area contributed by atoms with Crippen LogP contribution in [0.15, 0.2) is 42.7 Å². The van der Waals surface area contributed by atoms with Crippen LogP contribution in [0.25, 0.3) is 0 Å². The van der Waals surface area contributed by atoms with Gasteiger partial charge in [0.05, 0.1) is 0 Å². The molecule has 2 heterocycles. The fourth-order valence-electron chi connectivity index (χ4n) is 3.08. The van der Waals surface area contributed by atoms with Crippen LogP contribution in [0, 0.1) is 0 Å². The Morgan fingerprint density at radius 3 is 2.54 bits per heavy atom. The van der Waals surface area contributed by atoms with Crippen molar-refractivity contribution in [2.45, 2.75) is 31.3 Å². The highest BCUT2D eigenvalue weighted by atomic mass is 19.4. The van der Waals surface area contributed by atoms with Crippen LogP contribution in [0.3, 0.4) is 0 Å². The van der Waals surface area contributed by atoms with Gasteiger partial charge in [-0.25, -0.2) is 0 Å². The standard InChI is InChI=1S/C17H19F3N4O2/c18-17(19,20)26-14-4-2-13(3-5-14)12-22-15(25)16(6-9-21-10-7-16)24-11-1-8-23-24/h1-5,8,11,21H,6-7,9-10,12H2,(H,22,25). The van der Waals surface area contributed by atoms with Crippen LogP contribution in [-0.2, 0) is 16.9 Å². The number of ether oxygens (including phenoxy) is 1. The summed E-state index contributed by atoms with van der Waals surface area (Å²) in [4.78, 5) is 12.9. The van der Waals surface area contributed by atoms with E-state index in [0.29, 0.717) is 31.5 Å². The maximum atomic E-state index is 12.9. The maximum Gasteiger partial charge on any atom is 0.573 e. The smallest absolute Gasteiger partial charge is 0.406 e. The fourth-order valence-corrected chi connectivity index (χ4v) is 3.08. The zero-order valence-corrected chi connectivity index (χ0v) is 13.9. The molecule has 1 saturated heterocycles. The number of halogens is 3. The van der Waals surface area contributed by atoms with Crippen LogP contribution >= 0.6 is 0 Å². The lowest BCUT2D eigenvalue weighted by Crippen LogP contribution is -2.54. The highest BCUT2D eigenvalue weighted by molar-refractivity contribution is 5.84. The van der Waals surface area contributed by atoms with Crippen molar-refractivity contribution < 1.29 is 22.7 Å². The van der Waals surface area contributed by atoms with Gasteiger partial charge in [-0.15, -0.1) is 13.2 Å². The number of aromatic nitrogens is 2. The Hall–Kier alpha value is -2.55. The first kappa shape index (κ1) is 18.2. The molecule has 0 atom stereocenters. The van der Waals surface area contributed by atoms with Crippen molar-refractivity contribution in [1.82, 2.24) is 20.4 Å². The van der Waals surface area contributed by atoms with E-state index in [1.807, 2.05) is 0 Å². The molecule has 6 nitrogen and oxygen atoms in total. The van der Waals surface area contributed by atoms with Gasteiger partial charge >= 0.3 is 6.36 Å². The number of alkyl halides is 3. The summed E-state index contributed by atoms with van der Waals surface area (Å²) in [5.74, 6) is -0.447. The summed E-state index contributed by atoms with van der Waals surface area (Å²) >= 11 is 0. The molecule has 2 aromatic rings. The summed E-state index contributed by atoms with van der Waals surface area (Å²) in [5.41, 5.74) is -0.0777. The molecule has 1 amide bonds. The van der Waals surface area contributed by atoms with Gasteiger partial charge in [0.2, 0.25) is 5.91 Å². The summed E-state index contributed by atoms with van der Waals surface area (Å²) in [7, 11) is 0. The Balaban J connectivity index is 1.65. The van der Waals surface area contributed by atoms with E-state index in [1.165, 1.54) is 24.3 Å². The number of hydrogen-bond acceptors (Lipinski definition) is 4. The lowest BCUT2D eigenvalue weighted by Gasteiger charge is -2.36. The van der Waals surface area contributed by atoms with Gasteiger partial charge < -0.3 is 15.4 Å². The van der Waals surface area contributed by atoms with Crippen molar-refractivity contribution >= 4 is 5.91 Å². The molecule has 0 radical (unpaired) electrons. The molecule has 1 aliphatic heterocycles. The number of amides is 1. The van der Waals surface area contributed by atoms with Crippen LogP contribution in [0.2, 0.25) is 0 Å². The molecule has 0 aliphatic carbocycles. The van der Waals surface area contributed by atoms with E-state index in [4.69, 9.17) is 0 Å². The second kappa shape index (κ2) is 7.36. The van der Waals surface area contributed by atoms with Crippen molar-refractivity contribution in [3.05, 3.63) is 48.3 Å². The molecule has 0 saturated carbocycles. The SMILES string of the molecule is O=C(NCc1ccc(OC(F)(F)F)cc1)C1(n2cccn2)CCNCC1. The molecule has 2 N–H and O–H groups in total. The number of carbonyl (C=O) groups is 1. The molecule has 140 valence electrons. The first-order valence-electron chi connectivity index (χ1n) is 8.23. The van der Waals surface area contributed by atoms with E-state index in [9.17, 15) is 18.0 Å². The number of hydrogen-bond donors (Lipinski definition) is 2. The second-order valence-corrected chi connectivity index (χ2v) is 6.11. The molecule has 0 bridgehead atoms. The fraction of sp³-hybridized carbons (Fsp3) is 0.412. The van der Waals surface area contributed by atoms with Crippen molar-refractivity contribution in [3.63, 3.8) is 0 Å². The first-order valence-corrected chi connectivity index (χ1v) is 8.23. The Morgan fingerprint density at radius 2 is 1.96 bits per heavy atom. The third kappa shape index (κ3) is 4.16. The molecule has 0 spiro atoms. The van der Waals surface area contributed by atoms with Crippen LogP contribution in [-0.4, -0.2) is 35.1 Å². The van der Waals surface area contributed by atoms with Crippen molar-refractivity contribution in [1.29, 1.82) is 0 Å². The lowest BCUT2D eigenvalue weighted by atomic mass is 9.87. The quantitative estimate of drug-likeness (QED) is 0.849. The zero-order chi connectivity index (χ0) is 18.6. The van der Waals surface area contributed by atoms with Crippen LogP contribution in [0.5, 0.6) is 5.75 Å². The Labute approximate surface area is 148 Å². The van der Waals surface area contributed by atoms with Crippen LogP contribution in [0.1, 0.15) is 18.4 Å². The summed E-state index contributed by atoms with van der Waals surface area (Å²) in [6.45, 7) is 1.62. The van der Waals surface area contributed by atoms with Crippen molar-refractivity contribution in [2.75, 3.05) is 13.1 Å². The highest BCUT2D eigenvalue weighted by Crippen LogP contribution is 2.27. The minimum absolute atomic E-state index is 0.154. The van der Waals surface area contributed by atoms with E-state index in [2.05, 4.69) is 20.5 Å². The van der Waals surface area contributed by atoms with E-state index in [-0.39, 0.29) is 18.2 Å². The molecule has 3 rings (SSSR count).